The van der Waals surface area contributed by atoms with Crippen LogP contribution in [0.3, 0.4) is 0 Å². The molecule has 2 heteroatoms. The summed E-state index contributed by atoms with van der Waals surface area (Å²) in [5.74, 6) is 0. The molecule has 0 aliphatic heterocycles. The van der Waals surface area contributed by atoms with Gasteiger partial charge in [0, 0.05) is 44.2 Å². The zero-order valence-corrected chi connectivity index (χ0v) is 32.2. The lowest BCUT2D eigenvalue weighted by molar-refractivity contribution is 0.660. The van der Waals surface area contributed by atoms with E-state index in [0.717, 1.165) is 17.1 Å². The quantitative estimate of drug-likeness (QED) is 0.172. The third-order valence-corrected chi connectivity index (χ3v) is 12.7. The summed E-state index contributed by atoms with van der Waals surface area (Å²) >= 11 is 0. The normalized spacial score (nSPS) is 14.4. The number of hydrogen-bond acceptors (Lipinski definition) is 1. The highest BCUT2D eigenvalue weighted by Crippen LogP contribution is 2.56. The van der Waals surface area contributed by atoms with E-state index in [9.17, 15) is 0 Å². The lowest BCUT2D eigenvalue weighted by Gasteiger charge is -2.33. The number of aromatic nitrogens is 1. The van der Waals surface area contributed by atoms with Crippen LogP contribution in [0.2, 0.25) is 0 Å². The van der Waals surface area contributed by atoms with Crippen LogP contribution in [0.25, 0.3) is 60.9 Å². The Balaban J connectivity index is 1.17. The van der Waals surface area contributed by atoms with Gasteiger partial charge in [0.25, 0.3) is 0 Å². The second-order valence-electron chi connectivity index (χ2n) is 16.5. The molecule has 1 heterocycles. The Hall–Kier alpha value is -6.64. The van der Waals surface area contributed by atoms with Gasteiger partial charge < -0.3 is 9.47 Å². The van der Waals surface area contributed by atoms with Crippen molar-refractivity contribution in [1.82, 2.24) is 4.57 Å². The van der Waals surface area contributed by atoms with Gasteiger partial charge in [-0.05, 0) is 98.6 Å². The van der Waals surface area contributed by atoms with Gasteiger partial charge in [-0.25, -0.2) is 0 Å². The van der Waals surface area contributed by atoms with Crippen LogP contribution in [0.4, 0.5) is 17.1 Å². The van der Waals surface area contributed by atoms with Gasteiger partial charge in [0.2, 0.25) is 0 Å². The number of benzene rings is 8. The lowest BCUT2D eigenvalue weighted by Crippen LogP contribution is -2.21. The summed E-state index contributed by atoms with van der Waals surface area (Å²) in [6.07, 6.45) is 0. The lowest BCUT2D eigenvalue weighted by atomic mass is 9.81. The van der Waals surface area contributed by atoms with E-state index in [4.69, 9.17) is 0 Å². The molecular weight excluding hydrogens is 677 g/mol. The molecule has 0 atom stereocenters. The first-order valence-electron chi connectivity index (χ1n) is 19.8. The Morgan fingerprint density at radius 1 is 0.411 bits per heavy atom. The van der Waals surface area contributed by atoms with E-state index in [1.165, 1.54) is 83.1 Å². The number of nitrogens with zero attached hydrogens (tertiary/aromatic N) is 2. The number of anilines is 3. The number of rotatable bonds is 5. The molecule has 8 aromatic carbocycles. The summed E-state index contributed by atoms with van der Waals surface area (Å²) in [7, 11) is 0. The molecule has 0 spiro atoms. The van der Waals surface area contributed by atoms with Crippen molar-refractivity contribution in [2.24, 2.45) is 0 Å². The van der Waals surface area contributed by atoms with Gasteiger partial charge in [-0.2, -0.15) is 0 Å². The van der Waals surface area contributed by atoms with Gasteiger partial charge in [-0.15, -0.1) is 0 Å². The van der Waals surface area contributed by atoms with Crippen LogP contribution in [-0.4, -0.2) is 4.57 Å². The van der Waals surface area contributed by atoms with Crippen molar-refractivity contribution in [3.63, 3.8) is 0 Å². The highest BCUT2D eigenvalue weighted by molar-refractivity contribution is 6.14. The molecule has 2 nitrogen and oxygen atoms in total. The second kappa shape index (κ2) is 11.9. The fourth-order valence-corrected chi connectivity index (χ4v) is 10.2. The average Bonchev–Trinajstić information content (AvgIpc) is 3.79. The summed E-state index contributed by atoms with van der Waals surface area (Å²) in [6, 6.07) is 67.5. The highest BCUT2D eigenvalue weighted by Gasteiger charge is 2.40. The monoisotopic (exact) mass is 718 g/mol. The van der Waals surface area contributed by atoms with Crippen LogP contribution in [0.5, 0.6) is 0 Å². The maximum atomic E-state index is 2.52. The van der Waals surface area contributed by atoms with Crippen molar-refractivity contribution in [2.75, 3.05) is 4.90 Å². The van der Waals surface area contributed by atoms with E-state index >= 15 is 0 Å². The minimum absolute atomic E-state index is 0.0667. The summed E-state index contributed by atoms with van der Waals surface area (Å²) < 4.78 is 2.44. The fraction of sp³-hybridized carbons (Fsp3) is 0.111. The van der Waals surface area contributed by atoms with E-state index in [1.54, 1.807) is 0 Å². The van der Waals surface area contributed by atoms with E-state index in [1.807, 2.05) is 0 Å². The van der Waals surface area contributed by atoms with Crippen molar-refractivity contribution < 1.29 is 0 Å². The zero-order valence-electron chi connectivity index (χ0n) is 32.2. The number of fused-ring (bicyclic) bond motifs is 9. The summed E-state index contributed by atoms with van der Waals surface area (Å²) in [5.41, 5.74) is 20.0. The Bertz CT molecular complexity index is 3030. The molecule has 0 amide bonds. The predicted molar refractivity (Wildman–Crippen MR) is 236 cm³/mol. The first-order valence-corrected chi connectivity index (χ1v) is 19.8. The minimum atomic E-state index is -0.189. The average molecular weight is 719 g/mol. The van der Waals surface area contributed by atoms with Crippen LogP contribution < -0.4 is 4.90 Å². The van der Waals surface area contributed by atoms with E-state index < -0.39 is 0 Å². The minimum Gasteiger partial charge on any atom is -0.310 e. The highest BCUT2D eigenvalue weighted by atomic mass is 15.1. The molecule has 9 aromatic rings. The molecule has 0 radical (unpaired) electrons. The molecule has 1 aromatic heterocycles. The van der Waals surface area contributed by atoms with Gasteiger partial charge in [0.05, 0.1) is 16.7 Å². The standard InChI is InChI=1S/C54H42N2/c1-53(2)46-27-11-9-22-41(46)45-34-38(31-32-48(45)53)55(50-30-16-25-43-40-21-8-12-28-47(40)54(3,4)51(43)50)37-20-14-17-35(33-37)39-24-15-26-44-42-23-10-13-29-49(42)56(52(39)44)36-18-6-5-7-19-36/h5-34H,1-4H3. The maximum Gasteiger partial charge on any atom is 0.0619 e. The molecule has 268 valence electrons. The molecule has 0 unspecified atom stereocenters. The molecule has 11 rings (SSSR count). The number of para-hydroxylation sites is 3. The second-order valence-corrected chi connectivity index (χ2v) is 16.5. The molecular formula is C54H42N2. The Morgan fingerprint density at radius 3 is 1.82 bits per heavy atom. The Labute approximate surface area is 328 Å². The summed E-state index contributed by atoms with van der Waals surface area (Å²) in [6.45, 7) is 9.50. The number of hydrogen-bond donors (Lipinski definition) is 0. The summed E-state index contributed by atoms with van der Waals surface area (Å²) in [4.78, 5) is 2.52. The molecule has 56 heavy (non-hydrogen) atoms. The first-order chi connectivity index (χ1) is 27.3. The SMILES string of the molecule is CC1(C)c2ccccc2-c2cc(N(c3cccc(-c4cccc5c6ccccc6n(-c6ccccc6)c45)c3)c3cccc4c3C(C)(C)c3ccccc3-4)ccc21. The smallest absolute Gasteiger partial charge is 0.0619 e. The van der Waals surface area contributed by atoms with E-state index in [2.05, 4.69) is 219 Å². The van der Waals surface area contributed by atoms with Gasteiger partial charge in [0.1, 0.15) is 0 Å². The summed E-state index contributed by atoms with van der Waals surface area (Å²) in [5, 5.41) is 2.51. The molecule has 0 saturated heterocycles. The predicted octanol–water partition coefficient (Wildman–Crippen LogP) is 14.5. The molecule has 2 aliphatic rings. The zero-order chi connectivity index (χ0) is 37.8. The van der Waals surface area contributed by atoms with Crippen LogP contribution in [0, 0.1) is 0 Å². The fourth-order valence-electron chi connectivity index (χ4n) is 10.2. The first kappa shape index (κ1) is 32.8. The Morgan fingerprint density at radius 2 is 1.00 bits per heavy atom. The van der Waals surface area contributed by atoms with E-state index in [-0.39, 0.29) is 10.8 Å². The van der Waals surface area contributed by atoms with Gasteiger partial charge in [-0.3, -0.25) is 0 Å². The van der Waals surface area contributed by atoms with Crippen LogP contribution in [0.15, 0.2) is 182 Å². The van der Waals surface area contributed by atoms with Crippen molar-refractivity contribution in [1.29, 1.82) is 0 Å². The molecule has 0 N–H and O–H groups in total. The maximum absolute atomic E-state index is 2.52. The molecule has 0 fully saturated rings. The largest absolute Gasteiger partial charge is 0.310 e. The van der Waals surface area contributed by atoms with Crippen molar-refractivity contribution in [2.45, 2.75) is 38.5 Å². The van der Waals surface area contributed by atoms with Gasteiger partial charge in [0.15, 0.2) is 0 Å². The molecule has 0 saturated carbocycles. The van der Waals surface area contributed by atoms with Gasteiger partial charge in [-0.1, -0.05) is 161 Å². The van der Waals surface area contributed by atoms with Crippen LogP contribution >= 0.6 is 0 Å². The third-order valence-electron chi connectivity index (χ3n) is 12.7. The van der Waals surface area contributed by atoms with Crippen LogP contribution in [-0.2, 0) is 10.8 Å². The third kappa shape index (κ3) is 4.56. The topological polar surface area (TPSA) is 8.17 Å². The Kier molecular flexibility index (Phi) is 6.98. The van der Waals surface area contributed by atoms with Crippen LogP contribution in [0.1, 0.15) is 49.9 Å². The molecule has 2 aliphatic carbocycles. The van der Waals surface area contributed by atoms with Crippen molar-refractivity contribution >= 4 is 38.9 Å². The van der Waals surface area contributed by atoms with Crippen molar-refractivity contribution in [3.05, 3.63) is 204 Å². The van der Waals surface area contributed by atoms with Crippen molar-refractivity contribution in [3.8, 4) is 39.1 Å². The van der Waals surface area contributed by atoms with Gasteiger partial charge >= 0.3 is 0 Å². The molecule has 0 bridgehead atoms. The van der Waals surface area contributed by atoms with E-state index in [0.29, 0.717) is 0 Å².